The molecule has 0 amide bonds. The van der Waals surface area contributed by atoms with Crippen molar-refractivity contribution >= 4 is 47.5 Å². The minimum atomic E-state index is -0.110. The lowest BCUT2D eigenvalue weighted by molar-refractivity contribution is 0.435. The van der Waals surface area contributed by atoms with Crippen molar-refractivity contribution in [3.8, 4) is 5.69 Å². The molecule has 2 N–H and O–H groups in total. The highest BCUT2D eigenvalue weighted by Gasteiger charge is 2.31. The molecular weight excluding hydrogens is 521 g/mol. The van der Waals surface area contributed by atoms with Gasteiger partial charge >= 0.3 is 0 Å². The number of hydrogen-bond donors (Lipinski definition) is 2. The molecule has 38 heavy (non-hydrogen) atoms. The number of nitrogens with zero attached hydrogens (tertiary/aromatic N) is 5. The van der Waals surface area contributed by atoms with Crippen molar-refractivity contribution in [2.75, 3.05) is 11.9 Å². The van der Waals surface area contributed by atoms with Crippen LogP contribution in [0.25, 0.3) is 16.7 Å². The number of nitrogens with one attached hydrogen (secondary N) is 2. The smallest absolute Gasteiger partial charge is 0.278 e. The molecule has 4 aromatic rings. The molecule has 0 atom stereocenters. The molecule has 10 heteroatoms. The van der Waals surface area contributed by atoms with Crippen LogP contribution in [0.5, 0.6) is 0 Å². The van der Waals surface area contributed by atoms with Gasteiger partial charge in [-0.3, -0.25) is 9.78 Å². The number of rotatable bonds is 4. The van der Waals surface area contributed by atoms with Gasteiger partial charge in [0.25, 0.3) is 5.56 Å². The van der Waals surface area contributed by atoms with Gasteiger partial charge in [-0.05, 0) is 48.2 Å². The molecule has 2 aliphatic rings. The first-order valence-corrected chi connectivity index (χ1v) is 12.7. The van der Waals surface area contributed by atoms with E-state index in [2.05, 4.69) is 79.5 Å². The molecular formula is C28H35Cl2N7O. The second kappa shape index (κ2) is 9.98. The largest absolute Gasteiger partial charge is 0.324 e. The van der Waals surface area contributed by atoms with E-state index in [0.29, 0.717) is 17.0 Å². The van der Waals surface area contributed by atoms with E-state index in [0.717, 1.165) is 43.0 Å². The van der Waals surface area contributed by atoms with Gasteiger partial charge in [-0.1, -0.05) is 40.7 Å². The Morgan fingerprint density at radius 3 is 2.55 bits per heavy atom. The summed E-state index contributed by atoms with van der Waals surface area (Å²) in [6, 6.07) is 10.6. The highest BCUT2D eigenvalue weighted by molar-refractivity contribution is 5.85. The molecule has 4 heterocycles. The maximum Gasteiger partial charge on any atom is 0.278 e. The van der Waals surface area contributed by atoms with E-state index < -0.39 is 0 Å². The summed E-state index contributed by atoms with van der Waals surface area (Å²) in [6.45, 7) is 12.7. The first-order valence-electron chi connectivity index (χ1n) is 12.7. The van der Waals surface area contributed by atoms with Crippen LogP contribution in [0.2, 0.25) is 0 Å². The summed E-state index contributed by atoms with van der Waals surface area (Å²) in [6.07, 6.45) is 5.45. The van der Waals surface area contributed by atoms with E-state index in [1.165, 1.54) is 11.1 Å². The molecule has 202 valence electrons. The summed E-state index contributed by atoms with van der Waals surface area (Å²) >= 11 is 0. The second-order valence-corrected chi connectivity index (χ2v) is 11.8. The number of anilines is 2. The van der Waals surface area contributed by atoms with Crippen molar-refractivity contribution in [3.63, 3.8) is 0 Å². The number of halogens is 2. The second-order valence-electron chi connectivity index (χ2n) is 11.8. The zero-order valence-electron chi connectivity index (χ0n) is 22.4. The third kappa shape index (κ3) is 4.93. The van der Waals surface area contributed by atoms with Gasteiger partial charge in [-0.2, -0.15) is 4.98 Å². The Morgan fingerprint density at radius 2 is 1.84 bits per heavy atom. The number of pyridine rings is 1. The van der Waals surface area contributed by atoms with Gasteiger partial charge in [-0.25, -0.2) is 14.3 Å². The summed E-state index contributed by atoms with van der Waals surface area (Å²) in [7, 11) is 0. The molecule has 3 aromatic heterocycles. The maximum absolute atomic E-state index is 13.4. The average molecular weight is 557 g/mol. The maximum atomic E-state index is 13.4. The SMILES string of the molecule is CC(C)(C)c1cc(-n2c3nc(Nc4ccc5c(c4)CNCC5(C)C)ncc3c(=O)n2C2CC2)ccn1.Cl.Cl. The van der Waals surface area contributed by atoms with Gasteiger partial charge in [-0.15, -0.1) is 24.8 Å². The fourth-order valence-electron chi connectivity index (χ4n) is 5.13. The normalized spacial score (nSPS) is 16.3. The van der Waals surface area contributed by atoms with Crippen LogP contribution in [-0.4, -0.2) is 30.9 Å². The van der Waals surface area contributed by atoms with Crippen molar-refractivity contribution in [1.29, 1.82) is 0 Å². The molecule has 0 radical (unpaired) electrons. The van der Waals surface area contributed by atoms with E-state index in [4.69, 9.17) is 4.98 Å². The standard InChI is InChI=1S/C28H33N7O.2ClH/c1-27(2,3)23-13-20(10-11-30-23)34-24-21(25(36)35(34)19-7-8-19)15-31-26(33-24)32-18-6-9-22-17(12-18)14-29-16-28(22,4)5;;/h6,9-13,15,19,29H,7-8,14,16H2,1-5H3,(H,31,32,33);2*1H. The first-order chi connectivity index (χ1) is 17.1. The Balaban J connectivity index is 0.00000168. The van der Waals surface area contributed by atoms with Crippen molar-refractivity contribution in [3.05, 3.63) is 69.9 Å². The fourth-order valence-corrected chi connectivity index (χ4v) is 5.13. The molecule has 0 spiro atoms. The van der Waals surface area contributed by atoms with Crippen LogP contribution in [0, 0.1) is 0 Å². The van der Waals surface area contributed by atoms with Crippen molar-refractivity contribution in [2.24, 2.45) is 0 Å². The molecule has 0 unspecified atom stereocenters. The van der Waals surface area contributed by atoms with Crippen LogP contribution < -0.4 is 16.2 Å². The van der Waals surface area contributed by atoms with Crippen LogP contribution in [0.4, 0.5) is 11.6 Å². The van der Waals surface area contributed by atoms with Crippen LogP contribution in [0.1, 0.15) is 70.3 Å². The Morgan fingerprint density at radius 1 is 1.08 bits per heavy atom. The van der Waals surface area contributed by atoms with Gasteiger partial charge in [0.15, 0.2) is 5.65 Å². The molecule has 1 aromatic carbocycles. The van der Waals surface area contributed by atoms with E-state index in [-0.39, 0.29) is 47.2 Å². The summed E-state index contributed by atoms with van der Waals surface area (Å²) in [5.41, 5.74) is 5.98. The molecule has 0 bridgehead atoms. The van der Waals surface area contributed by atoms with E-state index >= 15 is 0 Å². The van der Waals surface area contributed by atoms with Crippen LogP contribution in [0.3, 0.4) is 0 Å². The van der Waals surface area contributed by atoms with Gasteiger partial charge in [0.05, 0.1) is 11.7 Å². The average Bonchev–Trinajstić information content (AvgIpc) is 3.62. The number of hydrogen-bond acceptors (Lipinski definition) is 6. The van der Waals surface area contributed by atoms with Crippen LogP contribution in [0.15, 0.2) is 47.5 Å². The number of fused-ring (bicyclic) bond motifs is 2. The van der Waals surface area contributed by atoms with Crippen LogP contribution >= 0.6 is 24.8 Å². The number of benzene rings is 1. The van der Waals surface area contributed by atoms with Crippen LogP contribution in [-0.2, 0) is 17.4 Å². The summed E-state index contributed by atoms with van der Waals surface area (Å²) in [5.74, 6) is 0.470. The van der Waals surface area contributed by atoms with Gasteiger partial charge < -0.3 is 10.6 Å². The monoisotopic (exact) mass is 555 g/mol. The summed E-state index contributed by atoms with van der Waals surface area (Å²) in [4.78, 5) is 27.3. The van der Waals surface area contributed by atoms with Crippen molar-refractivity contribution in [2.45, 2.75) is 70.9 Å². The Bertz CT molecular complexity index is 1550. The minimum absolute atomic E-state index is 0. The Kier molecular flexibility index (Phi) is 7.38. The molecule has 1 saturated carbocycles. The molecule has 1 aliphatic heterocycles. The predicted octanol–water partition coefficient (Wildman–Crippen LogP) is 5.58. The lowest BCUT2D eigenvalue weighted by Gasteiger charge is -2.33. The predicted molar refractivity (Wildman–Crippen MR) is 157 cm³/mol. The van der Waals surface area contributed by atoms with Gasteiger partial charge in [0.1, 0.15) is 5.39 Å². The molecule has 1 aliphatic carbocycles. The van der Waals surface area contributed by atoms with E-state index in [9.17, 15) is 4.79 Å². The Hall–Kier alpha value is -2.94. The molecule has 1 fully saturated rings. The highest BCUT2D eigenvalue weighted by Crippen LogP contribution is 2.36. The fraction of sp³-hybridized carbons (Fsp3) is 0.429. The zero-order chi connectivity index (χ0) is 25.2. The lowest BCUT2D eigenvalue weighted by Crippen LogP contribution is -2.38. The summed E-state index contributed by atoms with van der Waals surface area (Å²) in [5, 5.41) is 7.41. The lowest BCUT2D eigenvalue weighted by atomic mass is 9.79. The highest BCUT2D eigenvalue weighted by atomic mass is 35.5. The van der Waals surface area contributed by atoms with E-state index in [1.54, 1.807) is 6.20 Å². The topological polar surface area (TPSA) is 89.7 Å². The van der Waals surface area contributed by atoms with Gasteiger partial charge in [0, 0.05) is 47.7 Å². The Labute approximate surface area is 235 Å². The molecule has 6 rings (SSSR count). The molecule has 0 saturated heterocycles. The third-order valence-corrected chi connectivity index (χ3v) is 7.25. The number of aromatic nitrogens is 5. The first kappa shape index (κ1) is 28.1. The van der Waals surface area contributed by atoms with E-state index in [1.807, 2.05) is 21.6 Å². The molecule has 8 nitrogen and oxygen atoms in total. The summed E-state index contributed by atoms with van der Waals surface area (Å²) < 4.78 is 3.80. The van der Waals surface area contributed by atoms with Gasteiger partial charge in [0.2, 0.25) is 5.95 Å². The zero-order valence-corrected chi connectivity index (χ0v) is 24.0. The van der Waals surface area contributed by atoms with Crippen molar-refractivity contribution in [1.82, 2.24) is 29.6 Å². The minimum Gasteiger partial charge on any atom is -0.324 e. The third-order valence-electron chi connectivity index (χ3n) is 7.25. The van der Waals surface area contributed by atoms with Crippen molar-refractivity contribution < 1.29 is 0 Å². The quantitative estimate of drug-likeness (QED) is 0.341.